The normalized spacial score (nSPS) is 11.4. The maximum absolute atomic E-state index is 12.7. The van der Waals surface area contributed by atoms with E-state index in [4.69, 9.17) is 11.6 Å². The number of nitrogens with zero attached hydrogens (tertiary/aromatic N) is 1. The van der Waals surface area contributed by atoms with Crippen LogP contribution in [0, 0.1) is 0 Å². The van der Waals surface area contributed by atoms with Crippen LogP contribution in [0.4, 0.5) is 0 Å². The number of rotatable bonds is 7. The standard InChI is InChI=1S/C25H24ClNO3S/c1-25(2,3)19-11-9-16(10-12-19)15-31-23-18(14-21(26)27-22(23)24(29)30)13-20(28)17-7-5-4-6-8-17/h4-12,14H,13,15H2,1-3H3,(H,29,30). The molecule has 2 aromatic carbocycles. The zero-order valence-electron chi connectivity index (χ0n) is 17.7. The molecular formula is C25H24ClNO3S. The molecule has 1 heterocycles. The Morgan fingerprint density at radius 1 is 1.03 bits per heavy atom. The summed E-state index contributed by atoms with van der Waals surface area (Å²) in [6.07, 6.45) is 0.0534. The largest absolute Gasteiger partial charge is 0.476 e. The molecule has 3 aromatic rings. The van der Waals surface area contributed by atoms with Crippen LogP contribution in [0.2, 0.25) is 5.15 Å². The SMILES string of the molecule is CC(C)(C)c1ccc(CSc2c(CC(=O)c3ccccc3)cc(Cl)nc2C(=O)O)cc1. The van der Waals surface area contributed by atoms with Crippen molar-refractivity contribution in [3.63, 3.8) is 0 Å². The molecule has 0 unspecified atom stereocenters. The van der Waals surface area contributed by atoms with Crippen LogP contribution in [0.1, 0.15) is 58.3 Å². The Morgan fingerprint density at radius 3 is 2.26 bits per heavy atom. The fourth-order valence-corrected chi connectivity index (χ4v) is 4.45. The zero-order valence-corrected chi connectivity index (χ0v) is 19.3. The quantitative estimate of drug-likeness (QED) is 0.253. The molecule has 31 heavy (non-hydrogen) atoms. The highest BCUT2D eigenvalue weighted by atomic mass is 35.5. The molecule has 6 heteroatoms. The second-order valence-corrected chi connectivity index (χ2v) is 9.66. The van der Waals surface area contributed by atoms with Crippen LogP contribution in [0.15, 0.2) is 65.6 Å². The van der Waals surface area contributed by atoms with Crippen molar-refractivity contribution >= 4 is 35.1 Å². The summed E-state index contributed by atoms with van der Waals surface area (Å²) in [5.41, 5.74) is 3.37. The summed E-state index contributed by atoms with van der Waals surface area (Å²) in [4.78, 5) is 29.1. The van der Waals surface area contributed by atoms with Gasteiger partial charge in [-0.3, -0.25) is 4.79 Å². The van der Waals surface area contributed by atoms with Crippen molar-refractivity contribution in [2.24, 2.45) is 0 Å². The van der Waals surface area contributed by atoms with Gasteiger partial charge in [0.25, 0.3) is 0 Å². The Balaban J connectivity index is 1.89. The first-order valence-electron chi connectivity index (χ1n) is 9.88. The van der Waals surface area contributed by atoms with Crippen LogP contribution in [0.5, 0.6) is 0 Å². The van der Waals surface area contributed by atoms with Gasteiger partial charge in [0.2, 0.25) is 0 Å². The van der Waals surface area contributed by atoms with Crippen LogP contribution in [0.3, 0.4) is 0 Å². The second kappa shape index (κ2) is 9.67. The second-order valence-electron chi connectivity index (χ2n) is 8.29. The highest BCUT2D eigenvalue weighted by molar-refractivity contribution is 7.98. The number of thioether (sulfide) groups is 1. The molecule has 160 valence electrons. The first-order valence-corrected chi connectivity index (χ1v) is 11.2. The lowest BCUT2D eigenvalue weighted by molar-refractivity contribution is 0.0685. The third kappa shape index (κ3) is 5.96. The lowest BCUT2D eigenvalue weighted by Gasteiger charge is -2.19. The number of halogens is 1. The molecule has 0 aliphatic rings. The van der Waals surface area contributed by atoms with Crippen LogP contribution >= 0.6 is 23.4 Å². The molecule has 0 amide bonds. The topological polar surface area (TPSA) is 67.3 Å². The van der Waals surface area contributed by atoms with E-state index >= 15 is 0 Å². The lowest BCUT2D eigenvalue weighted by Crippen LogP contribution is -2.11. The van der Waals surface area contributed by atoms with Gasteiger partial charge in [0.05, 0.1) is 0 Å². The third-order valence-corrected chi connectivity index (χ3v) is 6.29. The van der Waals surface area contributed by atoms with Crippen LogP contribution in [-0.4, -0.2) is 21.8 Å². The van der Waals surface area contributed by atoms with E-state index < -0.39 is 5.97 Å². The smallest absolute Gasteiger partial charge is 0.355 e. The minimum absolute atomic E-state index is 0.0534. The number of carboxylic acids is 1. The number of carboxylic acid groups (broad SMARTS) is 1. The number of carbonyl (C=O) groups excluding carboxylic acids is 1. The predicted octanol–water partition coefficient (Wildman–Crippen LogP) is 6.45. The summed E-state index contributed by atoms with van der Waals surface area (Å²) in [7, 11) is 0. The summed E-state index contributed by atoms with van der Waals surface area (Å²) >= 11 is 7.44. The van der Waals surface area contributed by atoms with Crippen molar-refractivity contribution in [3.05, 3.63) is 93.8 Å². The molecule has 3 rings (SSSR count). The number of hydrogen-bond donors (Lipinski definition) is 1. The van der Waals surface area contributed by atoms with Gasteiger partial charge in [-0.15, -0.1) is 11.8 Å². The maximum Gasteiger partial charge on any atom is 0.355 e. The Kier molecular flexibility index (Phi) is 7.19. The molecular weight excluding hydrogens is 430 g/mol. The minimum atomic E-state index is -1.17. The molecule has 1 aromatic heterocycles. The average molecular weight is 454 g/mol. The van der Waals surface area contributed by atoms with Crippen LogP contribution < -0.4 is 0 Å². The van der Waals surface area contributed by atoms with Crippen molar-refractivity contribution in [2.75, 3.05) is 0 Å². The lowest BCUT2D eigenvalue weighted by atomic mass is 9.87. The fourth-order valence-electron chi connectivity index (χ4n) is 3.14. The number of pyridine rings is 1. The van der Waals surface area contributed by atoms with Crippen molar-refractivity contribution in [1.29, 1.82) is 0 Å². The Bertz CT molecular complexity index is 1090. The molecule has 0 spiro atoms. The van der Waals surface area contributed by atoms with E-state index in [-0.39, 0.29) is 28.5 Å². The summed E-state index contributed by atoms with van der Waals surface area (Å²) in [5.74, 6) is -0.711. The summed E-state index contributed by atoms with van der Waals surface area (Å²) in [6.45, 7) is 6.47. The number of benzene rings is 2. The minimum Gasteiger partial charge on any atom is -0.476 e. The van der Waals surface area contributed by atoms with E-state index in [9.17, 15) is 14.7 Å². The maximum atomic E-state index is 12.7. The molecule has 0 saturated heterocycles. The monoisotopic (exact) mass is 453 g/mol. The number of ketones is 1. The summed E-state index contributed by atoms with van der Waals surface area (Å²) < 4.78 is 0. The Labute approximate surface area is 191 Å². The van der Waals surface area contributed by atoms with Gasteiger partial charge in [0.15, 0.2) is 11.5 Å². The first-order chi connectivity index (χ1) is 14.6. The zero-order chi connectivity index (χ0) is 22.6. The number of carbonyl (C=O) groups is 2. The molecule has 0 bridgehead atoms. The van der Waals surface area contributed by atoms with Gasteiger partial charge in [0.1, 0.15) is 5.15 Å². The van der Waals surface area contributed by atoms with Crippen molar-refractivity contribution in [1.82, 2.24) is 4.98 Å². The molecule has 0 saturated carbocycles. The summed E-state index contributed by atoms with van der Waals surface area (Å²) in [5, 5.41) is 9.73. The predicted molar refractivity (Wildman–Crippen MR) is 125 cm³/mol. The number of Topliss-reactive ketones (excluding diaryl/α,β-unsaturated/α-hetero) is 1. The average Bonchev–Trinajstić information content (AvgIpc) is 2.73. The van der Waals surface area contributed by atoms with Crippen molar-refractivity contribution < 1.29 is 14.7 Å². The van der Waals surface area contributed by atoms with Crippen LogP contribution in [-0.2, 0) is 17.6 Å². The van der Waals surface area contributed by atoms with E-state index in [0.29, 0.717) is 21.8 Å². The molecule has 1 N–H and O–H groups in total. The highest BCUT2D eigenvalue weighted by Crippen LogP contribution is 2.32. The molecule has 0 aliphatic carbocycles. The first kappa shape index (κ1) is 23.0. The molecule has 0 aliphatic heterocycles. The van der Waals surface area contributed by atoms with E-state index in [1.807, 2.05) is 18.2 Å². The highest BCUT2D eigenvalue weighted by Gasteiger charge is 2.21. The van der Waals surface area contributed by atoms with Gasteiger partial charge >= 0.3 is 5.97 Å². The fraction of sp³-hybridized carbons (Fsp3) is 0.240. The molecule has 0 fully saturated rings. The van der Waals surface area contributed by atoms with Crippen LogP contribution in [0.25, 0.3) is 0 Å². The van der Waals surface area contributed by atoms with Gasteiger partial charge in [-0.25, -0.2) is 9.78 Å². The number of aromatic carboxylic acids is 1. The van der Waals surface area contributed by atoms with Crippen molar-refractivity contribution in [2.45, 2.75) is 43.3 Å². The molecule has 0 atom stereocenters. The van der Waals surface area contributed by atoms with Gasteiger partial charge in [0, 0.05) is 22.6 Å². The molecule has 4 nitrogen and oxygen atoms in total. The van der Waals surface area contributed by atoms with E-state index in [2.05, 4.69) is 37.9 Å². The summed E-state index contributed by atoms with van der Waals surface area (Å²) in [6, 6.07) is 18.8. The Morgan fingerprint density at radius 2 is 1.68 bits per heavy atom. The van der Waals surface area contributed by atoms with Gasteiger partial charge in [-0.1, -0.05) is 87.0 Å². The van der Waals surface area contributed by atoms with Gasteiger partial charge in [-0.05, 0) is 28.2 Å². The van der Waals surface area contributed by atoms with Gasteiger partial charge < -0.3 is 5.11 Å². The number of aromatic nitrogens is 1. The van der Waals surface area contributed by atoms with Crippen molar-refractivity contribution in [3.8, 4) is 0 Å². The van der Waals surface area contributed by atoms with E-state index in [0.717, 1.165) is 5.56 Å². The third-order valence-electron chi connectivity index (χ3n) is 4.87. The number of hydrogen-bond acceptors (Lipinski definition) is 4. The van der Waals surface area contributed by atoms with E-state index in [1.165, 1.54) is 17.3 Å². The Hall–Kier alpha value is -2.63. The molecule has 0 radical (unpaired) electrons. The van der Waals surface area contributed by atoms with E-state index in [1.54, 1.807) is 30.3 Å². The van der Waals surface area contributed by atoms with Gasteiger partial charge in [-0.2, -0.15) is 0 Å².